The first-order chi connectivity index (χ1) is 8.20. The molecule has 0 bridgehead atoms. The van der Waals surface area contributed by atoms with Crippen molar-refractivity contribution in [1.29, 1.82) is 0 Å². The average molecular weight is 313 g/mol. The van der Waals surface area contributed by atoms with Gasteiger partial charge in [-0.2, -0.15) is 0 Å². The van der Waals surface area contributed by atoms with Gasteiger partial charge in [-0.15, -0.1) is 11.3 Å². The molecule has 1 aromatic heterocycles. The van der Waals surface area contributed by atoms with Crippen LogP contribution >= 0.6 is 27.3 Å². The van der Waals surface area contributed by atoms with Crippen LogP contribution in [0, 0.1) is 0 Å². The summed E-state index contributed by atoms with van der Waals surface area (Å²) in [7, 11) is 1.58. The molecule has 1 amide bonds. The Bertz CT molecular complexity index is 528. The van der Waals surface area contributed by atoms with Crippen molar-refractivity contribution in [3.8, 4) is 5.75 Å². The lowest BCUT2D eigenvalue weighted by Crippen LogP contribution is -2.12. The molecular formula is C11H9BrN2O2S. The van der Waals surface area contributed by atoms with Crippen LogP contribution in [0.25, 0.3) is 0 Å². The number of hydrogen-bond donors (Lipinski definition) is 1. The first-order valence-electron chi connectivity index (χ1n) is 4.74. The molecule has 0 aliphatic rings. The molecule has 0 atom stereocenters. The number of thiazole rings is 1. The van der Waals surface area contributed by atoms with Crippen LogP contribution in [0.3, 0.4) is 0 Å². The minimum absolute atomic E-state index is 0.226. The minimum Gasteiger partial charge on any atom is -0.495 e. The Morgan fingerprint density at radius 1 is 1.53 bits per heavy atom. The van der Waals surface area contributed by atoms with Crippen LogP contribution in [-0.4, -0.2) is 18.0 Å². The Labute approximate surface area is 111 Å². The summed E-state index contributed by atoms with van der Waals surface area (Å²) in [5.74, 6) is 0.441. The summed E-state index contributed by atoms with van der Waals surface area (Å²) in [6.45, 7) is 0. The normalized spacial score (nSPS) is 10.0. The van der Waals surface area contributed by atoms with Crippen LogP contribution in [-0.2, 0) is 0 Å². The number of nitrogens with one attached hydrogen (secondary N) is 1. The van der Waals surface area contributed by atoms with Crippen molar-refractivity contribution in [1.82, 2.24) is 4.98 Å². The molecule has 0 aliphatic heterocycles. The Balaban J connectivity index is 2.16. The molecule has 0 fully saturated rings. The summed E-state index contributed by atoms with van der Waals surface area (Å²) in [4.78, 5) is 15.7. The fraction of sp³-hybridized carbons (Fsp3) is 0.0909. The number of hydrogen-bond acceptors (Lipinski definition) is 4. The smallest absolute Gasteiger partial charge is 0.275 e. The highest BCUT2D eigenvalue weighted by molar-refractivity contribution is 9.10. The van der Waals surface area contributed by atoms with Gasteiger partial charge in [-0.3, -0.25) is 4.79 Å². The zero-order valence-corrected chi connectivity index (χ0v) is 11.3. The second-order valence-electron chi connectivity index (χ2n) is 3.18. The third-order valence-electron chi connectivity index (χ3n) is 2.07. The highest BCUT2D eigenvalue weighted by atomic mass is 79.9. The lowest BCUT2D eigenvalue weighted by molar-refractivity contribution is 0.102. The van der Waals surface area contributed by atoms with Gasteiger partial charge in [0.2, 0.25) is 0 Å². The molecule has 88 valence electrons. The van der Waals surface area contributed by atoms with Gasteiger partial charge in [-0.05, 0) is 28.1 Å². The van der Waals surface area contributed by atoms with Gasteiger partial charge < -0.3 is 10.1 Å². The lowest BCUT2D eigenvalue weighted by atomic mass is 10.3. The number of carbonyl (C=O) groups is 1. The number of carbonyl (C=O) groups excluding carboxylic acids is 1. The van der Waals surface area contributed by atoms with Gasteiger partial charge >= 0.3 is 0 Å². The summed E-state index contributed by atoms with van der Waals surface area (Å²) in [6, 6.07) is 5.35. The second kappa shape index (κ2) is 5.29. The Hall–Kier alpha value is -1.40. The number of aromatic nitrogens is 1. The third kappa shape index (κ3) is 2.83. The number of ether oxygens (including phenoxy) is 1. The third-order valence-corrected chi connectivity index (χ3v) is 3.32. The van der Waals surface area contributed by atoms with Crippen molar-refractivity contribution in [3.63, 3.8) is 0 Å². The van der Waals surface area contributed by atoms with Crippen LogP contribution in [0.15, 0.2) is 33.6 Å². The number of methoxy groups -OCH3 is 1. The molecule has 17 heavy (non-hydrogen) atoms. The van der Waals surface area contributed by atoms with Crippen molar-refractivity contribution >= 4 is 38.9 Å². The summed E-state index contributed by atoms with van der Waals surface area (Å²) in [6.07, 6.45) is 0. The maximum atomic E-state index is 11.7. The number of nitrogens with zero attached hydrogens (tertiary/aromatic N) is 1. The summed E-state index contributed by atoms with van der Waals surface area (Å²) in [5.41, 5.74) is 2.71. The monoisotopic (exact) mass is 312 g/mol. The zero-order valence-electron chi connectivity index (χ0n) is 8.94. The van der Waals surface area contributed by atoms with Crippen molar-refractivity contribution in [2.75, 3.05) is 12.4 Å². The number of rotatable bonds is 3. The topological polar surface area (TPSA) is 51.2 Å². The van der Waals surface area contributed by atoms with E-state index in [0.29, 0.717) is 17.1 Å². The fourth-order valence-electron chi connectivity index (χ4n) is 1.26. The van der Waals surface area contributed by atoms with Crippen molar-refractivity contribution < 1.29 is 9.53 Å². The van der Waals surface area contributed by atoms with E-state index >= 15 is 0 Å². The fourth-order valence-corrected chi connectivity index (χ4v) is 2.20. The molecule has 0 saturated heterocycles. The molecule has 0 spiro atoms. The quantitative estimate of drug-likeness (QED) is 0.947. The number of halogens is 1. The van der Waals surface area contributed by atoms with E-state index in [1.165, 1.54) is 11.3 Å². The minimum atomic E-state index is -0.226. The summed E-state index contributed by atoms with van der Waals surface area (Å²) < 4.78 is 5.99. The molecule has 2 rings (SSSR count). The molecule has 1 N–H and O–H groups in total. The van der Waals surface area contributed by atoms with Crippen LogP contribution in [0.4, 0.5) is 5.69 Å². The Morgan fingerprint density at radius 2 is 2.35 bits per heavy atom. The van der Waals surface area contributed by atoms with E-state index in [1.807, 2.05) is 6.07 Å². The highest BCUT2D eigenvalue weighted by Gasteiger charge is 2.09. The Morgan fingerprint density at radius 3 is 3.00 bits per heavy atom. The van der Waals surface area contributed by atoms with Gasteiger partial charge in [-0.1, -0.05) is 0 Å². The highest BCUT2D eigenvalue weighted by Crippen LogP contribution is 2.27. The summed E-state index contributed by atoms with van der Waals surface area (Å²) >= 11 is 4.73. The van der Waals surface area contributed by atoms with Crippen molar-refractivity contribution in [2.45, 2.75) is 0 Å². The van der Waals surface area contributed by atoms with Crippen LogP contribution in [0.5, 0.6) is 5.75 Å². The van der Waals surface area contributed by atoms with Gasteiger partial charge in [0.25, 0.3) is 5.91 Å². The number of benzene rings is 1. The van der Waals surface area contributed by atoms with Gasteiger partial charge in [0.1, 0.15) is 11.4 Å². The van der Waals surface area contributed by atoms with E-state index in [0.717, 1.165) is 4.47 Å². The van der Waals surface area contributed by atoms with Gasteiger partial charge in [0, 0.05) is 17.1 Å². The van der Waals surface area contributed by atoms with Crippen LogP contribution in [0.1, 0.15) is 10.5 Å². The zero-order chi connectivity index (χ0) is 12.3. The van der Waals surface area contributed by atoms with Gasteiger partial charge in [-0.25, -0.2) is 4.98 Å². The largest absolute Gasteiger partial charge is 0.495 e. The molecule has 1 aromatic carbocycles. The van der Waals surface area contributed by atoms with Crippen molar-refractivity contribution in [2.24, 2.45) is 0 Å². The van der Waals surface area contributed by atoms with Crippen LogP contribution < -0.4 is 10.1 Å². The predicted octanol–water partition coefficient (Wildman–Crippen LogP) is 3.17. The molecule has 0 unspecified atom stereocenters. The SMILES string of the molecule is COc1cc(NC(=O)c2cscn2)ccc1Br. The molecule has 4 nitrogen and oxygen atoms in total. The van der Waals surface area contributed by atoms with E-state index in [2.05, 4.69) is 26.2 Å². The molecule has 1 heterocycles. The van der Waals surface area contributed by atoms with Crippen molar-refractivity contribution in [3.05, 3.63) is 39.3 Å². The van der Waals surface area contributed by atoms with E-state index in [-0.39, 0.29) is 5.91 Å². The number of amides is 1. The van der Waals surface area contributed by atoms with Gasteiger partial charge in [0.15, 0.2) is 0 Å². The first kappa shape index (κ1) is 12.1. The molecule has 2 aromatic rings. The predicted molar refractivity (Wildman–Crippen MR) is 70.8 cm³/mol. The molecule has 6 heteroatoms. The maximum Gasteiger partial charge on any atom is 0.275 e. The first-order valence-corrected chi connectivity index (χ1v) is 6.47. The summed E-state index contributed by atoms with van der Waals surface area (Å²) in [5, 5.41) is 4.45. The second-order valence-corrected chi connectivity index (χ2v) is 4.75. The van der Waals surface area contributed by atoms with E-state index in [9.17, 15) is 4.79 Å². The molecule has 0 saturated carbocycles. The number of anilines is 1. The van der Waals surface area contributed by atoms with E-state index in [1.54, 1.807) is 30.1 Å². The molecule has 0 radical (unpaired) electrons. The molecular weight excluding hydrogens is 304 g/mol. The Kier molecular flexibility index (Phi) is 3.75. The average Bonchev–Trinajstić information content (AvgIpc) is 2.85. The van der Waals surface area contributed by atoms with Crippen LogP contribution in [0.2, 0.25) is 0 Å². The standard InChI is InChI=1S/C11H9BrN2O2S/c1-16-10-4-7(2-3-8(10)12)14-11(15)9-5-17-6-13-9/h2-6H,1H3,(H,14,15). The lowest BCUT2D eigenvalue weighted by Gasteiger charge is -2.07. The maximum absolute atomic E-state index is 11.7. The van der Waals surface area contributed by atoms with E-state index in [4.69, 9.17) is 4.74 Å². The van der Waals surface area contributed by atoms with E-state index < -0.39 is 0 Å². The van der Waals surface area contributed by atoms with Gasteiger partial charge in [0.05, 0.1) is 17.1 Å². The molecule has 0 aliphatic carbocycles.